The smallest absolute Gasteiger partial charge is 0.475 e. The third-order valence-corrected chi connectivity index (χ3v) is 5.66. The second kappa shape index (κ2) is 11.9. The van der Waals surface area contributed by atoms with Crippen LogP contribution in [-0.2, 0) is 4.79 Å². The summed E-state index contributed by atoms with van der Waals surface area (Å²) in [6.45, 7) is 4.86. The van der Waals surface area contributed by atoms with Crippen molar-refractivity contribution < 1.29 is 32.3 Å². The van der Waals surface area contributed by atoms with Gasteiger partial charge in [-0.05, 0) is 48.9 Å². The molecule has 2 aromatic heterocycles. The van der Waals surface area contributed by atoms with Crippen molar-refractivity contribution in [3.63, 3.8) is 0 Å². The maximum absolute atomic E-state index is 13.8. The van der Waals surface area contributed by atoms with E-state index in [2.05, 4.69) is 25.1 Å². The van der Waals surface area contributed by atoms with Crippen LogP contribution in [0.4, 0.5) is 34.8 Å². The predicted octanol–water partition coefficient (Wildman–Crippen LogP) is 4.79. The molecule has 37 heavy (non-hydrogen) atoms. The number of benzene rings is 1. The number of pyridine rings is 2. The number of amides is 1. The fourth-order valence-corrected chi connectivity index (χ4v) is 3.57. The van der Waals surface area contributed by atoms with Crippen molar-refractivity contribution in [3.05, 3.63) is 77.0 Å². The molecular weight excluding hydrogens is 518 g/mol. The van der Waals surface area contributed by atoms with Gasteiger partial charge in [0.25, 0.3) is 5.91 Å². The first-order chi connectivity index (χ1) is 17.5. The lowest BCUT2D eigenvalue weighted by atomic mass is 10.2. The highest BCUT2D eigenvalue weighted by molar-refractivity contribution is 6.34. The highest BCUT2D eigenvalue weighted by Gasteiger charge is 2.38. The Bertz CT molecular complexity index is 1250. The summed E-state index contributed by atoms with van der Waals surface area (Å²) in [5.74, 6) is -2.92. The van der Waals surface area contributed by atoms with Gasteiger partial charge in [0, 0.05) is 49.9 Å². The standard InChI is InChI=1S/C22H21ClFN5O.C2HF3O2/c1-15-2-3-16(14-19(15)24)26-22(30)21-18(23)4-5-20(27-21)29-12-10-28(11-13-29)17-6-8-25-9-7-17;3-2(4,5)1(6)7/h2-9,14H,10-13H2,1H3,(H,26,30);(H,6,7). The van der Waals surface area contributed by atoms with Crippen LogP contribution in [0.25, 0.3) is 0 Å². The van der Waals surface area contributed by atoms with Crippen molar-refractivity contribution in [3.8, 4) is 0 Å². The summed E-state index contributed by atoms with van der Waals surface area (Å²) >= 11 is 6.23. The van der Waals surface area contributed by atoms with E-state index in [9.17, 15) is 22.4 Å². The number of nitrogens with one attached hydrogen (secondary N) is 1. The van der Waals surface area contributed by atoms with Crippen LogP contribution in [0, 0.1) is 12.7 Å². The van der Waals surface area contributed by atoms with E-state index in [1.807, 2.05) is 18.2 Å². The SMILES string of the molecule is Cc1ccc(NC(=O)c2nc(N3CCN(c4ccncc4)CC3)ccc2Cl)cc1F.O=C(O)C(F)(F)F. The first-order valence-electron chi connectivity index (χ1n) is 10.9. The summed E-state index contributed by atoms with van der Waals surface area (Å²) in [6.07, 6.45) is -1.51. The number of halogens is 5. The Labute approximate surface area is 214 Å². The molecule has 0 atom stereocenters. The highest BCUT2D eigenvalue weighted by Crippen LogP contribution is 2.23. The zero-order valence-electron chi connectivity index (χ0n) is 19.5. The topological polar surface area (TPSA) is 98.7 Å². The van der Waals surface area contributed by atoms with Gasteiger partial charge < -0.3 is 20.2 Å². The maximum atomic E-state index is 13.8. The minimum absolute atomic E-state index is 0.117. The Morgan fingerprint density at radius 1 is 1.00 bits per heavy atom. The summed E-state index contributed by atoms with van der Waals surface area (Å²) in [4.78, 5) is 34.5. The van der Waals surface area contributed by atoms with Crippen LogP contribution in [0.5, 0.6) is 0 Å². The number of carboxylic acid groups (broad SMARTS) is 1. The number of alkyl halides is 3. The molecule has 1 aromatic carbocycles. The molecule has 1 saturated heterocycles. The van der Waals surface area contributed by atoms with Gasteiger partial charge in [-0.15, -0.1) is 0 Å². The lowest BCUT2D eigenvalue weighted by Gasteiger charge is -2.36. The van der Waals surface area contributed by atoms with E-state index in [-0.39, 0.29) is 16.5 Å². The zero-order valence-corrected chi connectivity index (χ0v) is 20.2. The number of carbonyl (C=O) groups excluding carboxylic acids is 1. The van der Waals surface area contributed by atoms with Crippen molar-refractivity contribution in [1.82, 2.24) is 9.97 Å². The number of piperazine rings is 1. The molecule has 13 heteroatoms. The highest BCUT2D eigenvalue weighted by atomic mass is 35.5. The molecular formula is C24H22ClF4N5O3. The molecule has 0 spiro atoms. The lowest BCUT2D eigenvalue weighted by molar-refractivity contribution is -0.192. The molecule has 1 aliphatic rings. The number of rotatable bonds is 4. The maximum Gasteiger partial charge on any atom is 0.490 e. The fourth-order valence-electron chi connectivity index (χ4n) is 3.38. The molecule has 1 fully saturated rings. The third-order valence-electron chi connectivity index (χ3n) is 5.35. The van der Waals surface area contributed by atoms with E-state index in [1.165, 1.54) is 6.07 Å². The van der Waals surface area contributed by atoms with E-state index in [0.717, 1.165) is 31.9 Å². The molecule has 0 radical (unpaired) electrons. The second-order valence-electron chi connectivity index (χ2n) is 7.90. The van der Waals surface area contributed by atoms with E-state index in [1.54, 1.807) is 37.5 Å². The number of hydrogen-bond acceptors (Lipinski definition) is 6. The Kier molecular flexibility index (Phi) is 8.87. The minimum Gasteiger partial charge on any atom is -0.475 e. The molecule has 0 saturated carbocycles. The van der Waals surface area contributed by atoms with Gasteiger partial charge in [0.05, 0.1) is 5.02 Å². The number of hydrogen-bond donors (Lipinski definition) is 2. The molecule has 8 nitrogen and oxygen atoms in total. The molecule has 4 rings (SSSR count). The first kappa shape index (κ1) is 27.7. The molecule has 196 valence electrons. The van der Waals surface area contributed by atoms with Gasteiger partial charge in [-0.25, -0.2) is 14.2 Å². The number of aryl methyl sites for hydroxylation is 1. The second-order valence-corrected chi connectivity index (χ2v) is 8.31. The fraction of sp³-hybridized carbons (Fsp3) is 0.250. The van der Waals surface area contributed by atoms with Gasteiger partial charge in [0.2, 0.25) is 0 Å². The van der Waals surface area contributed by atoms with Crippen molar-refractivity contribution in [2.75, 3.05) is 41.3 Å². The van der Waals surface area contributed by atoms with Crippen molar-refractivity contribution in [2.45, 2.75) is 13.1 Å². The minimum atomic E-state index is -5.08. The van der Waals surface area contributed by atoms with Gasteiger partial charge in [-0.3, -0.25) is 9.78 Å². The van der Waals surface area contributed by atoms with Gasteiger partial charge in [-0.1, -0.05) is 17.7 Å². The Balaban J connectivity index is 0.000000479. The van der Waals surface area contributed by atoms with Gasteiger partial charge >= 0.3 is 12.1 Å². The molecule has 2 N–H and O–H groups in total. The normalized spacial score (nSPS) is 13.5. The van der Waals surface area contributed by atoms with Crippen molar-refractivity contribution in [2.24, 2.45) is 0 Å². The summed E-state index contributed by atoms with van der Waals surface area (Å²) in [5.41, 5.74) is 2.13. The summed E-state index contributed by atoms with van der Waals surface area (Å²) in [5, 5.41) is 10.0. The Morgan fingerprint density at radius 2 is 1.59 bits per heavy atom. The summed E-state index contributed by atoms with van der Waals surface area (Å²) < 4.78 is 45.5. The number of carbonyl (C=O) groups is 2. The number of nitrogens with zero attached hydrogens (tertiary/aromatic N) is 4. The molecule has 3 heterocycles. The third kappa shape index (κ3) is 7.53. The summed E-state index contributed by atoms with van der Waals surface area (Å²) in [7, 11) is 0. The molecule has 0 aliphatic carbocycles. The van der Waals surface area contributed by atoms with Gasteiger partial charge in [0.15, 0.2) is 0 Å². The average molecular weight is 540 g/mol. The molecule has 0 unspecified atom stereocenters. The van der Waals surface area contributed by atoms with E-state index in [0.29, 0.717) is 17.1 Å². The van der Waals surface area contributed by atoms with Crippen LogP contribution in [0.2, 0.25) is 5.02 Å². The number of aliphatic carboxylic acids is 1. The predicted molar refractivity (Wildman–Crippen MR) is 131 cm³/mol. The van der Waals surface area contributed by atoms with Crippen LogP contribution < -0.4 is 15.1 Å². The van der Waals surface area contributed by atoms with Crippen LogP contribution >= 0.6 is 11.6 Å². The van der Waals surface area contributed by atoms with E-state index < -0.39 is 18.1 Å². The number of aromatic nitrogens is 2. The first-order valence-corrected chi connectivity index (χ1v) is 11.3. The van der Waals surface area contributed by atoms with E-state index in [4.69, 9.17) is 21.5 Å². The van der Waals surface area contributed by atoms with Crippen molar-refractivity contribution >= 4 is 40.7 Å². The molecule has 0 bridgehead atoms. The van der Waals surface area contributed by atoms with Gasteiger partial charge in [-0.2, -0.15) is 13.2 Å². The van der Waals surface area contributed by atoms with Crippen LogP contribution in [0.1, 0.15) is 16.1 Å². The van der Waals surface area contributed by atoms with Crippen molar-refractivity contribution in [1.29, 1.82) is 0 Å². The van der Waals surface area contributed by atoms with Crippen LogP contribution in [-0.4, -0.2) is 59.3 Å². The quantitative estimate of drug-likeness (QED) is 0.460. The van der Waals surface area contributed by atoms with Crippen LogP contribution in [0.3, 0.4) is 0 Å². The summed E-state index contributed by atoms with van der Waals surface area (Å²) in [6, 6.07) is 12.0. The Hall–Kier alpha value is -3.93. The number of anilines is 3. The largest absolute Gasteiger partial charge is 0.490 e. The van der Waals surface area contributed by atoms with Gasteiger partial charge in [0.1, 0.15) is 17.3 Å². The van der Waals surface area contributed by atoms with E-state index >= 15 is 0 Å². The van der Waals surface area contributed by atoms with Crippen LogP contribution in [0.15, 0.2) is 54.9 Å². The Morgan fingerprint density at radius 3 is 2.16 bits per heavy atom. The monoisotopic (exact) mass is 539 g/mol. The zero-order chi connectivity index (χ0) is 27.2. The molecule has 1 amide bonds. The molecule has 1 aliphatic heterocycles. The lowest BCUT2D eigenvalue weighted by Crippen LogP contribution is -2.47. The average Bonchev–Trinajstić information content (AvgIpc) is 2.87. The molecule has 3 aromatic rings. The number of carboxylic acids is 1.